The summed E-state index contributed by atoms with van der Waals surface area (Å²) in [6.07, 6.45) is -4.57. The van der Waals surface area contributed by atoms with Crippen LogP contribution in [-0.2, 0) is 6.18 Å². The van der Waals surface area contributed by atoms with Crippen molar-refractivity contribution in [2.75, 3.05) is 0 Å². The summed E-state index contributed by atoms with van der Waals surface area (Å²) in [4.78, 5) is 13.6. The minimum atomic E-state index is -4.57. The molecule has 0 aliphatic heterocycles. The first-order valence-corrected chi connectivity index (χ1v) is 5.32. The zero-order valence-electron chi connectivity index (χ0n) is 8.88. The number of halogens is 4. The number of hydrogen-bond donors (Lipinski definition) is 1. The van der Waals surface area contributed by atoms with Crippen LogP contribution in [0.3, 0.4) is 0 Å². The van der Waals surface area contributed by atoms with Gasteiger partial charge in [-0.3, -0.25) is 4.79 Å². The molecular weight excluding hydrogens is 267 g/mol. The molecule has 1 aromatic carbocycles. The van der Waals surface area contributed by atoms with Gasteiger partial charge in [-0.15, -0.1) is 0 Å². The standard InChI is InChI=1S/C12H7ClF3NO/c13-9-4-2-1-3-8(9)10-5-7(12(14,15)16)6-11(18)17-10/h1-6H,(H,17,18). The van der Waals surface area contributed by atoms with E-state index in [-0.39, 0.29) is 10.7 Å². The van der Waals surface area contributed by atoms with Gasteiger partial charge in [0.05, 0.1) is 11.3 Å². The Balaban J connectivity index is 2.63. The Bertz CT molecular complexity index is 634. The van der Waals surface area contributed by atoms with Gasteiger partial charge >= 0.3 is 6.18 Å². The van der Waals surface area contributed by atoms with Gasteiger partial charge in [0.2, 0.25) is 5.56 Å². The van der Waals surface area contributed by atoms with Crippen LogP contribution in [0.4, 0.5) is 13.2 Å². The molecule has 0 bridgehead atoms. The number of aromatic nitrogens is 1. The van der Waals surface area contributed by atoms with Crippen molar-refractivity contribution in [1.29, 1.82) is 0 Å². The number of aromatic amines is 1. The van der Waals surface area contributed by atoms with Gasteiger partial charge in [0.1, 0.15) is 0 Å². The molecule has 0 spiro atoms. The van der Waals surface area contributed by atoms with E-state index in [1.54, 1.807) is 12.1 Å². The highest BCUT2D eigenvalue weighted by atomic mass is 35.5. The van der Waals surface area contributed by atoms with Crippen molar-refractivity contribution >= 4 is 11.6 Å². The molecule has 1 N–H and O–H groups in total. The molecule has 0 amide bonds. The molecule has 0 saturated carbocycles. The molecule has 0 aliphatic carbocycles. The fourth-order valence-electron chi connectivity index (χ4n) is 1.53. The number of nitrogens with one attached hydrogen (secondary N) is 1. The number of H-pyrrole nitrogens is 1. The molecule has 94 valence electrons. The summed E-state index contributed by atoms with van der Waals surface area (Å²) in [5.74, 6) is 0. The summed E-state index contributed by atoms with van der Waals surface area (Å²) < 4.78 is 37.7. The lowest BCUT2D eigenvalue weighted by atomic mass is 10.1. The van der Waals surface area contributed by atoms with E-state index in [0.29, 0.717) is 11.6 Å². The van der Waals surface area contributed by atoms with Crippen molar-refractivity contribution < 1.29 is 13.2 Å². The van der Waals surface area contributed by atoms with Crippen LogP contribution in [-0.4, -0.2) is 4.98 Å². The fraction of sp³-hybridized carbons (Fsp3) is 0.0833. The minimum absolute atomic E-state index is 0.0421. The molecule has 0 fully saturated rings. The normalized spacial score (nSPS) is 11.6. The zero-order chi connectivity index (χ0) is 13.3. The van der Waals surface area contributed by atoms with Gasteiger partial charge in [-0.2, -0.15) is 13.2 Å². The Hall–Kier alpha value is -1.75. The molecule has 0 radical (unpaired) electrons. The van der Waals surface area contributed by atoms with Gasteiger partial charge < -0.3 is 4.98 Å². The third-order valence-corrected chi connectivity index (χ3v) is 2.67. The molecule has 0 unspecified atom stereocenters. The molecule has 0 aliphatic rings. The largest absolute Gasteiger partial charge is 0.416 e. The van der Waals surface area contributed by atoms with Gasteiger partial charge in [-0.05, 0) is 12.1 Å². The Morgan fingerprint density at radius 2 is 1.78 bits per heavy atom. The van der Waals surface area contributed by atoms with Gasteiger partial charge in [0.15, 0.2) is 0 Å². The average molecular weight is 274 g/mol. The van der Waals surface area contributed by atoms with E-state index in [0.717, 1.165) is 6.07 Å². The fourth-order valence-corrected chi connectivity index (χ4v) is 1.77. The van der Waals surface area contributed by atoms with Crippen LogP contribution >= 0.6 is 11.6 Å². The van der Waals surface area contributed by atoms with E-state index >= 15 is 0 Å². The number of benzene rings is 1. The molecule has 2 aromatic rings. The highest BCUT2D eigenvalue weighted by Crippen LogP contribution is 2.32. The lowest BCUT2D eigenvalue weighted by molar-refractivity contribution is -0.137. The SMILES string of the molecule is O=c1cc(C(F)(F)F)cc(-c2ccccc2Cl)[nH]1. The Morgan fingerprint density at radius 3 is 2.39 bits per heavy atom. The van der Waals surface area contributed by atoms with Crippen LogP contribution in [0.1, 0.15) is 5.56 Å². The maximum absolute atomic E-state index is 12.6. The van der Waals surface area contributed by atoms with E-state index in [2.05, 4.69) is 4.98 Å². The third kappa shape index (κ3) is 2.56. The first-order valence-electron chi connectivity index (χ1n) is 4.94. The summed E-state index contributed by atoms with van der Waals surface area (Å²) >= 11 is 5.87. The molecule has 0 saturated heterocycles. The van der Waals surface area contributed by atoms with E-state index in [1.807, 2.05) is 0 Å². The summed E-state index contributed by atoms with van der Waals surface area (Å²) in [6.45, 7) is 0. The van der Waals surface area contributed by atoms with Crippen molar-refractivity contribution in [2.24, 2.45) is 0 Å². The van der Waals surface area contributed by atoms with E-state index < -0.39 is 17.3 Å². The van der Waals surface area contributed by atoms with Crippen LogP contribution < -0.4 is 5.56 Å². The second-order valence-corrected chi connectivity index (χ2v) is 4.03. The molecule has 2 nitrogen and oxygen atoms in total. The number of rotatable bonds is 1. The first-order chi connectivity index (χ1) is 8.38. The average Bonchev–Trinajstić information content (AvgIpc) is 2.27. The Labute approximate surface area is 105 Å². The second-order valence-electron chi connectivity index (χ2n) is 3.62. The number of pyridine rings is 1. The highest BCUT2D eigenvalue weighted by molar-refractivity contribution is 6.33. The summed E-state index contributed by atoms with van der Waals surface area (Å²) in [7, 11) is 0. The summed E-state index contributed by atoms with van der Waals surface area (Å²) in [5.41, 5.74) is -1.43. The lowest BCUT2D eigenvalue weighted by Gasteiger charge is -2.09. The predicted octanol–water partition coefficient (Wildman–Crippen LogP) is 3.71. The zero-order valence-corrected chi connectivity index (χ0v) is 9.64. The number of hydrogen-bond acceptors (Lipinski definition) is 1. The number of alkyl halides is 3. The van der Waals surface area contributed by atoms with Gasteiger partial charge in [-0.1, -0.05) is 29.8 Å². The molecule has 18 heavy (non-hydrogen) atoms. The van der Waals surface area contributed by atoms with Crippen LogP contribution in [0, 0.1) is 0 Å². The van der Waals surface area contributed by atoms with Gasteiger partial charge in [0.25, 0.3) is 0 Å². The van der Waals surface area contributed by atoms with Crippen molar-refractivity contribution in [3.63, 3.8) is 0 Å². The van der Waals surface area contributed by atoms with E-state index in [9.17, 15) is 18.0 Å². The van der Waals surface area contributed by atoms with Gasteiger partial charge in [-0.25, -0.2) is 0 Å². The summed E-state index contributed by atoms with van der Waals surface area (Å²) in [6, 6.07) is 7.73. The van der Waals surface area contributed by atoms with Crippen molar-refractivity contribution in [2.45, 2.75) is 6.18 Å². The first kappa shape index (κ1) is 12.7. The maximum Gasteiger partial charge on any atom is 0.416 e. The molecule has 2 rings (SSSR count). The third-order valence-electron chi connectivity index (χ3n) is 2.34. The molecule has 1 aromatic heterocycles. The topological polar surface area (TPSA) is 32.9 Å². The monoisotopic (exact) mass is 273 g/mol. The van der Waals surface area contributed by atoms with Gasteiger partial charge in [0, 0.05) is 16.7 Å². The highest BCUT2D eigenvalue weighted by Gasteiger charge is 2.31. The van der Waals surface area contributed by atoms with Crippen LogP contribution in [0.2, 0.25) is 5.02 Å². The summed E-state index contributed by atoms with van der Waals surface area (Å²) in [5, 5.41) is 0.271. The quantitative estimate of drug-likeness (QED) is 0.844. The Kier molecular flexibility index (Phi) is 3.17. The maximum atomic E-state index is 12.6. The Morgan fingerprint density at radius 1 is 1.11 bits per heavy atom. The van der Waals surface area contributed by atoms with Crippen LogP contribution in [0.25, 0.3) is 11.3 Å². The smallest absolute Gasteiger partial charge is 0.322 e. The van der Waals surface area contributed by atoms with Crippen LogP contribution in [0.5, 0.6) is 0 Å². The van der Waals surface area contributed by atoms with Crippen LogP contribution in [0.15, 0.2) is 41.2 Å². The molecule has 1 heterocycles. The second kappa shape index (κ2) is 4.49. The molecular formula is C12H7ClF3NO. The van der Waals surface area contributed by atoms with Crippen molar-refractivity contribution in [3.8, 4) is 11.3 Å². The molecule has 6 heteroatoms. The molecule has 0 atom stereocenters. The minimum Gasteiger partial charge on any atom is -0.322 e. The lowest BCUT2D eigenvalue weighted by Crippen LogP contribution is -2.13. The van der Waals surface area contributed by atoms with Crippen molar-refractivity contribution in [1.82, 2.24) is 4.98 Å². The predicted molar refractivity (Wildman–Crippen MR) is 62.5 cm³/mol. The van der Waals surface area contributed by atoms with Crippen molar-refractivity contribution in [3.05, 3.63) is 57.3 Å². The van der Waals surface area contributed by atoms with E-state index in [4.69, 9.17) is 11.6 Å². The van der Waals surface area contributed by atoms with E-state index in [1.165, 1.54) is 12.1 Å².